The van der Waals surface area contributed by atoms with E-state index in [4.69, 9.17) is 4.74 Å². The minimum atomic E-state index is -0.415. The number of carbonyl (C=O) groups excluding carboxylic acids is 3. The maximum atomic E-state index is 13.7. The molecule has 2 aliphatic heterocycles. The molecule has 3 fully saturated rings. The van der Waals surface area contributed by atoms with E-state index >= 15 is 0 Å². The summed E-state index contributed by atoms with van der Waals surface area (Å²) in [7, 11) is 3.36. The second-order valence-electron chi connectivity index (χ2n) is 8.69. The molecule has 2 saturated heterocycles. The average Bonchev–Trinajstić information content (AvgIpc) is 3.61. The Morgan fingerprint density at radius 1 is 1.10 bits per heavy atom. The van der Waals surface area contributed by atoms with Gasteiger partial charge in [-0.2, -0.15) is 0 Å². The smallest absolute Gasteiger partial charge is 0.234 e. The van der Waals surface area contributed by atoms with Gasteiger partial charge in [-0.15, -0.1) is 0 Å². The first kappa shape index (κ1) is 20.8. The summed E-state index contributed by atoms with van der Waals surface area (Å²) in [5.74, 6) is 0.0514. The van der Waals surface area contributed by atoms with Gasteiger partial charge in [0.1, 0.15) is 5.75 Å². The van der Waals surface area contributed by atoms with E-state index in [0.29, 0.717) is 19.4 Å². The fraction of sp³-hybridized carbons (Fsp3) is 0.609. The molecule has 162 valence electrons. The summed E-state index contributed by atoms with van der Waals surface area (Å²) in [6, 6.07) is 7.16. The SMILES string of the molecule is COc1ccc(C2C(C(=O)N(C(=O)C3CCCNC3)C3CC3)CCC(=O)N2C)cc1. The predicted molar refractivity (Wildman–Crippen MR) is 112 cm³/mol. The molecule has 0 radical (unpaired) electrons. The molecule has 3 atom stereocenters. The highest BCUT2D eigenvalue weighted by atomic mass is 16.5. The van der Waals surface area contributed by atoms with Crippen molar-refractivity contribution in [2.24, 2.45) is 11.8 Å². The van der Waals surface area contributed by atoms with Gasteiger partial charge in [-0.1, -0.05) is 12.1 Å². The average molecular weight is 414 g/mol. The first-order chi connectivity index (χ1) is 14.5. The number of piperidine rings is 2. The minimum absolute atomic E-state index is 0.0198. The Bertz CT molecular complexity index is 799. The van der Waals surface area contributed by atoms with E-state index in [-0.39, 0.29) is 35.7 Å². The maximum absolute atomic E-state index is 13.7. The molecule has 7 nitrogen and oxygen atoms in total. The zero-order valence-electron chi connectivity index (χ0n) is 17.8. The normalized spacial score (nSPS) is 26.9. The summed E-state index contributed by atoms with van der Waals surface area (Å²) < 4.78 is 5.25. The van der Waals surface area contributed by atoms with Crippen molar-refractivity contribution in [1.82, 2.24) is 15.1 Å². The molecule has 0 spiro atoms. The zero-order valence-corrected chi connectivity index (χ0v) is 17.8. The molecule has 2 heterocycles. The lowest BCUT2D eigenvalue weighted by Crippen LogP contribution is -2.52. The number of likely N-dealkylation sites (tertiary alicyclic amines) is 1. The highest BCUT2D eigenvalue weighted by Crippen LogP contribution is 2.40. The van der Waals surface area contributed by atoms with Crippen molar-refractivity contribution in [2.75, 3.05) is 27.2 Å². The first-order valence-corrected chi connectivity index (χ1v) is 11.0. The Labute approximate surface area is 177 Å². The van der Waals surface area contributed by atoms with Crippen molar-refractivity contribution < 1.29 is 19.1 Å². The Balaban J connectivity index is 1.61. The summed E-state index contributed by atoms with van der Waals surface area (Å²) in [6.07, 6.45) is 4.35. The molecule has 1 aliphatic carbocycles. The van der Waals surface area contributed by atoms with Gasteiger partial charge in [0.25, 0.3) is 0 Å². The zero-order chi connectivity index (χ0) is 21.3. The van der Waals surface area contributed by atoms with Crippen molar-refractivity contribution in [3.05, 3.63) is 29.8 Å². The molecule has 0 bridgehead atoms. The largest absolute Gasteiger partial charge is 0.497 e. The molecule has 30 heavy (non-hydrogen) atoms. The number of rotatable bonds is 5. The third-order valence-electron chi connectivity index (χ3n) is 6.67. The van der Waals surface area contributed by atoms with Crippen molar-refractivity contribution >= 4 is 17.7 Å². The highest BCUT2D eigenvalue weighted by molar-refractivity contribution is 5.99. The molecular weight excluding hydrogens is 382 g/mol. The number of methoxy groups -OCH3 is 1. The van der Waals surface area contributed by atoms with Crippen LogP contribution in [0.15, 0.2) is 24.3 Å². The van der Waals surface area contributed by atoms with E-state index < -0.39 is 5.92 Å². The topological polar surface area (TPSA) is 79.0 Å². The van der Waals surface area contributed by atoms with E-state index in [1.54, 1.807) is 24.0 Å². The van der Waals surface area contributed by atoms with Gasteiger partial charge in [0.2, 0.25) is 17.7 Å². The van der Waals surface area contributed by atoms with Crippen LogP contribution in [0, 0.1) is 11.8 Å². The Hall–Kier alpha value is -2.41. The summed E-state index contributed by atoms with van der Waals surface area (Å²) in [4.78, 5) is 42.7. The molecular formula is C23H31N3O4. The van der Waals surface area contributed by atoms with Crippen LogP contribution in [0.3, 0.4) is 0 Å². The van der Waals surface area contributed by atoms with Gasteiger partial charge in [0.15, 0.2) is 0 Å². The van der Waals surface area contributed by atoms with Gasteiger partial charge in [-0.25, -0.2) is 0 Å². The summed E-state index contributed by atoms with van der Waals surface area (Å²) in [6.45, 7) is 1.57. The van der Waals surface area contributed by atoms with Crippen LogP contribution in [-0.4, -0.2) is 60.8 Å². The molecule has 1 aromatic carbocycles. The van der Waals surface area contributed by atoms with Crippen LogP contribution in [0.1, 0.15) is 50.1 Å². The number of ether oxygens (including phenoxy) is 1. The molecule has 1 N–H and O–H groups in total. The van der Waals surface area contributed by atoms with Crippen LogP contribution in [0.25, 0.3) is 0 Å². The van der Waals surface area contributed by atoms with Gasteiger partial charge in [-0.05, 0) is 56.3 Å². The van der Waals surface area contributed by atoms with Gasteiger partial charge >= 0.3 is 0 Å². The number of carbonyl (C=O) groups is 3. The van der Waals surface area contributed by atoms with Gasteiger partial charge in [-0.3, -0.25) is 19.3 Å². The minimum Gasteiger partial charge on any atom is -0.497 e. The van der Waals surface area contributed by atoms with Gasteiger partial charge in [0.05, 0.1) is 25.0 Å². The number of imide groups is 1. The fourth-order valence-corrected chi connectivity index (χ4v) is 4.79. The van der Waals surface area contributed by atoms with Crippen molar-refractivity contribution in [1.29, 1.82) is 0 Å². The van der Waals surface area contributed by atoms with Gasteiger partial charge in [0, 0.05) is 26.1 Å². The van der Waals surface area contributed by atoms with E-state index in [0.717, 1.165) is 43.5 Å². The van der Waals surface area contributed by atoms with Crippen LogP contribution >= 0.6 is 0 Å². The quantitative estimate of drug-likeness (QED) is 0.748. The molecule has 0 aromatic heterocycles. The van der Waals surface area contributed by atoms with E-state index in [9.17, 15) is 14.4 Å². The van der Waals surface area contributed by atoms with Gasteiger partial charge < -0.3 is 15.0 Å². The number of hydrogen-bond acceptors (Lipinski definition) is 5. The van der Waals surface area contributed by atoms with Crippen LogP contribution in [-0.2, 0) is 14.4 Å². The monoisotopic (exact) mass is 413 g/mol. The highest BCUT2D eigenvalue weighted by Gasteiger charge is 2.47. The standard InChI is InChI=1S/C23H31N3O4/c1-25-20(27)12-11-19(21(25)15-5-9-18(30-2)10-6-15)23(29)26(17-7-8-17)22(28)16-4-3-13-24-14-16/h5-6,9-10,16-17,19,21,24H,3-4,7-8,11-14H2,1-2H3. The van der Waals surface area contributed by atoms with Crippen molar-refractivity contribution in [2.45, 2.75) is 50.6 Å². The van der Waals surface area contributed by atoms with Crippen LogP contribution in [0.2, 0.25) is 0 Å². The number of nitrogens with one attached hydrogen (secondary N) is 1. The summed E-state index contributed by atoms with van der Waals surface area (Å²) in [5.41, 5.74) is 0.896. The third kappa shape index (κ3) is 4.08. The molecule has 3 unspecified atom stereocenters. The van der Waals surface area contributed by atoms with Crippen molar-refractivity contribution in [3.63, 3.8) is 0 Å². The van der Waals surface area contributed by atoms with Crippen LogP contribution < -0.4 is 10.1 Å². The fourth-order valence-electron chi connectivity index (χ4n) is 4.79. The second kappa shape index (κ2) is 8.76. The van der Waals surface area contributed by atoms with Crippen LogP contribution in [0.5, 0.6) is 5.75 Å². The van der Waals surface area contributed by atoms with Crippen molar-refractivity contribution in [3.8, 4) is 5.75 Å². The van der Waals surface area contributed by atoms with Crippen LogP contribution in [0.4, 0.5) is 0 Å². The van der Waals surface area contributed by atoms with E-state index in [1.165, 1.54) is 0 Å². The number of benzene rings is 1. The maximum Gasteiger partial charge on any atom is 0.234 e. The number of nitrogens with zero attached hydrogens (tertiary/aromatic N) is 2. The summed E-state index contributed by atoms with van der Waals surface area (Å²) >= 11 is 0. The first-order valence-electron chi connectivity index (χ1n) is 11.0. The molecule has 1 aromatic rings. The predicted octanol–water partition coefficient (Wildman–Crippen LogP) is 2.12. The lowest BCUT2D eigenvalue weighted by atomic mass is 9.83. The second-order valence-corrected chi connectivity index (χ2v) is 8.69. The molecule has 3 aliphatic rings. The third-order valence-corrected chi connectivity index (χ3v) is 6.67. The Morgan fingerprint density at radius 2 is 1.83 bits per heavy atom. The lowest BCUT2D eigenvalue weighted by molar-refractivity contribution is -0.155. The summed E-state index contributed by atoms with van der Waals surface area (Å²) in [5, 5.41) is 3.28. The Kier molecular flexibility index (Phi) is 6.09. The molecule has 7 heteroatoms. The molecule has 3 amide bonds. The Morgan fingerprint density at radius 3 is 2.43 bits per heavy atom. The lowest BCUT2D eigenvalue weighted by Gasteiger charge is -2.41. The van der Waals surface area contributed by atoms with E-state index in [1.807, 2.05) is 24.3 Å². The van der Waals surface area contributed by atoms with E-state index in [2.05, 4.69) is 5.32 Å². The molecule has 4 rings (SSSR count). The molecule has 1 saturated carbocycles. The number of hydrogen-bond donors (Lipinski definition) is 1. The number of amides is 3.